The summed E-state index contributed by atoms with van der Waals surface area (Å²) in [5.74, 6) is -0.526. The van der Waals surface area contributed by atoms with Crippen LogP contribution in [0.5, 0.6) is 0 Å². The molecule has 0 aromatic heterocycles. The first kappa shape index (κ1) is 14.8. The Hall–Kier alpha value is -1.26. The number of rotatable bonds is 5. The summed E-state index contributed by atoms with van der Waals surface area (Å²) in [6, 6.07) is -1.11. The molecule has 0 aromatic carbocycles. The lowest BCUT2D eigenvalue weighted by atomic mass is 10.1. The quantitative estimate of drug-likeness (QED) is 0.789. The van der Waals surface area contributed by atoms with Crippen LogP contribution in [0.3, 0.4) is 0 Å². The SMILES string of the molecule is CC(C)[C@@H](NC(=O)N(C)CC1CCCC1)C(=O)O. The number of carbonyl (C=O) groups is 2. The van der Waals surface area contributed by atoms with Gasteiger partial charge in [-0.05, 0) is 24.7 Å². The van der Waals surface area contributed by atoms with Gasteiger partial charge in [-0.25, -0.2) is 9.59 Å². The van der Waals surface area contributed by atoms with Crippen LogP contribution < -0.4 is 5.32 Å². The third-order valence-corrected chi connectivity index (χ3v) is 3.57. The lowest BCUT2D eigenvalue weighted by molar-refractivity contribution is -0.140. The molecule has 0 saturated heterocycles. The summed E-state index contributed by atoms with van der Waals surface area (Å²) >= 11 is 0. The molecule has 0 bridgehead atoms. The van der Waals surface area contributed by atoms with E-state index in [1.165, 1.54) is 25.7 Å². The summed E-state index contributed by atoms with van der Waals surface area (Å²) in [4.78, 5) is 24.5. The van der Waals surface area contributed by atoms with Crippen molar-refractivity contribution in [3.63, 3.8) is 0 Å². The second kappa shape index (κ2) is 6.61. The van der Waals surface area contributed by atoms with E-state index in [1.807, 2.05) is 0 Å². The van der Waals surface area contributed by atoms with Gasteiger partial charge in [0.05, 0.1) is 0 Å². The van der Waals surface area contributed by atoms with Gasteiger partial charge in [-0.3, -0.25) is 0 Å². The van der Waals surface area contributed by atoms with E-state index in [2.05, 4.69) is 5.32 Å². The zero-order valence-corrected chi connectivity index (χ0v) is 11.5. The van der Waals surface area contributed by atoms with E-state index in [0.29, 0.717) is 5.92 Å². The molecular formula is C13H24N2O3. The fourth-order valence-electron chi connectivity index (χ4n) is 2.42. The number of nitrogens with zero attached hydrogens (tertiary/aromatic N) is 1. The van der Waals surface area contributed by atoms with Gasteiger partial charge in [-0.1, -0.05) is 26.7 Å². The van der Waals surface area contributed by atoms with Crippen molar-refractivity contribution in [3.8, 4) is 0 Å². The zero-order valence-electron chi connectivity index (χ0n) is 11.5. The second-order valence-corrected chi connectivity index (χ2v) is 5.54. The molecule has 2 N–H and O–H groups in total. The number of aliphatic carboxylic acids is 1. The fraction of sp³-hybridized carbons (Fsp3) is 0.846. The van der Waals surface area contributed by atoms with Crippen molar-refractivity contribution in [2.75, 3.05) is 13.6 Å². The summed E-state index contributed by atoms with van der Waals surface area (Å²) in [6.45, 7) is 4.29. The molecule has 104 valence electrons. The van der Waals surface area contributed by atoms with E-state index >= 15 is 0 Å². The fourth-order valence-corrected chi connectivity index (χ4v) is 2.42. The Bertz CT molecular complexity index is 299. The van der Waals surface area contributed by atoms with Gasteiger partial charge in [0, 0.05) is 13.6 Å². The summed E-state index contributed by atoms with van der Waals surface area (Å²) in [5, 5.41) is 11.6. The van der Waals surface area contributed by atoms with Gasteiger partial charge in [0.25, 0.3) is 0 Å². The number of carboxylic acids is 1. The first-order valence-electron chi connectivity index (χ1n) is 6.66. The van der Waals surface area contributed by atoms with Crippen molar-refractivity contribution in [1.82, 2.24) is 10.2 Å². The normalized spacial score (nSPS) is 17.8. The first-order valence-corrected chi connectivity index (χ1v) is 6.66. The minimum atomic E-state index is -0.979. The topological polar surface area (TPSA) is 69.6 Å². The number of carbonyl (C=O) groups excluding carboxylic acids is 1. The van der Waals surface area contributed by atoms with Gasteiger partial charge < -0.3 is 15.3 Å². The van der Waals surface area contributed by atoms with Crippen LogP contribution in [-0.2, 0) is 4.79 Å². The number of urea groups is 1. The summed E-state index contributed by atoms with van der Waals surface area (Å²) in [7, 11) is 1.73. The lowest BCUT2D eigenvalue weighted by Gasteiger charge is -2.25. The molecule has 1 aliphatic rings. The zero-order chi connectivity index (χ0) is 13.7. The largest absolute Gasteiger partial charge is 0.480 e. The lowest BCUT2D eigenvalue weighted by Crippen LogP contribution is -2.49. The van der Waals surface area contributed by atoms with E-state index in [9.17, 15) is 9.59 Å². The summed E-state index contributed by atoms with van der Waals surface area (Å²) in [6.07, 6.45) is 4.82. The highest BCUT2D eigenvalue weighted by Gasteiger charge is 2.26. The summed E-state index contributed by atoms with van der Waals surface area (Å²) in [5.41, 5.74) is 0. The van der Waals surface area contributed by atoms with Crippen LogP contribution in [0.1, 0.15) is 39.5 Å². The van der Waals surface area contributed by atoms with Crippen molar-refractivity contribution < 1.29 is 14.7 Å². The van der Waals surface area contributed by atoms with Crippen LogP contribution in [0.25, 0.3) is 0 Å². The number of nitrogens with one attached hydrogen (secondary N) is 1. The highest BCUT2D eigenvalue weighted by atomic mass is 16.4. The molecule has 0 spiro atoms. The molecule has 0 heterocycles. The van der Waals surface area contributed by atoms with Gasteiger partial charge >= 0.3 is 12.0 Å². The highest BCUT2D eigenvalue weighted by molar-refractivity contribution is 5.82. The standard InChI is InChI=1S/C13H24N2O3/c1-9(2)11(12(16)17)14-13(18)15(3)8-10-6-4-5-7-10/h9-11H,4-8H2,1-3H3,(H,14,18)(H,16,17)/t11-/m1/s1. The third-order valence-electron chi connectivity index (χ3n) is 3.57. The number of amides is 2. The number of hydrogen-bond donors (Lipinski definition) is 2. The van der Waals surface area contributed by atoms with Crippen LogP contribution in [0.4, 0.5) is 4.79 Å². The Labute approximate surface area is 109 Å². The van der Waals surface area contributed by atoms with Crippen LogP contribution in [-0.4, -0.2) is 41.6 Å². The molecule has 5 nitrogen and oxygen atoms in total. The van der Waals surface area contributed by atoms with Gasteiger partial charge in [0.1, 0.15) is 6.04 Å². The average Bonchev–Trinajstić information content (AvgIpc) is 2.77. The third kappa shape index (κ3) is 4.20. The predicted molar refractivity (Wildman–Crippen MR) is 69.4 cm³/mol. The van der Waals surface area contributed by atoms with Crippen molar-refractivity contribution >= 4 is 12.0 Å². The Morgan fingerprint density at radius 1 is 1.33 bits per heavy atom. The van der Waals surface area contributed by atoms with E-state index in [0.717, 1.165) is 6.54 Å². The monoisotopic (exact) mass is 256 g/mol. The maximum atomic E-state index is 11.9. The van der Waals surface area contributed by atoms with E-state index in [4.69, 9.17) is 5.11 Å². The van der Waals surface area contributed by atoms with Crippen molar-refractivity contribution in [2.45, 2.75) is 45.6 Å². The van der Waals surface area contributed by atoms with Gasteiger partial charge in [-0.15, -0.1) is 0 Å². The number of hydrogen-bond acceptors (Lipinski definition) is 2. The molecule has 1 fully saturated rings. The first-order chi connectivity index (χ1) is 8.41. The van der Waals surface area contributed by atoms with E-state index in [1.54, 1.807) is 25.8 Å². The van der Waals surface area contributed by atoms with Gasteiger partial charge in [0.2, 0.25) is 0 Å². The Morgan fingerprint density at radius 3 is 2.33 bits per heavy atom. The minimum Gasteiger partial charge on any atom is -0.480 e. The molecule has 18 heavy (non-hydrogen) atoms. The molecule has 1 atom stereocenters. The van der Waals surface area contributed by atoms with E-state index in [-0.39, 0.29) is 11.9 Å². The van der Waals surface area contributed by atoms with Crippen molar-refractivity contribution in [3.05, 3.63) is 0 Å². The molecule has 0 unspecified atom stereocenters. The summed E-state index contributed by atoms with van der Waals surface area (Å²) < 4.78 is 0. The van der Waals surface area contributed by atoms with Gasteiger partial charge in [0.15, 0.2) is 0 Å². The Balaban J connectivity index is 2.44. The number of carboxylic acid groups (broad SMARTS) is 1. The maximum absolute atomic E-state index is 11.9. The van der Waals surface area contributed by atoms with Crippen LogP contribution in [0.2, 0.25) is 0 Å². The smallest absolute Gasteiger partial charge is 0.326 e. The molecule has 0 radical (unpaired) electrons. The van der Waals surface area contributed by atoms with Crippen molar-refractivity contribution in [1.29, 1.82) is 0 Å². The highest BCUT2D eigenvalue weighted by Crippen LogP contribution is 2.25. The average molecular weight is 256 g/mol. The maximum Gasteiger partial charge on any atom is 0.326 e. The van der Waals surface area contributed by atoms with E-state index < -0.39 is 12.0 Å². The Morgan fingerprint density at radius 2 is 1.89 bits per heavy atom. The van der Waals surface area contributed by atoms with Crippen LogP contribution in [0.15, 0.2) is 0 Å². The molecule has 0 aliphatic heterocycles. The Kier molecular flexibility index (Phi) is 5.44. The molecule has 1 aliphatic carbocycles. The van der Waals surface area contributed by atoms with Crippen LogP contribution >= 0.6 is 0 Å². The molecule has 2 amide bonds. The molecule has 5 heteroatoms. The molecular weight excluding hydrogens is 232 g/mol. The molecule has 0 aromatic rings. The predicted octanol–water partition coefficient (Wildman–Crippen LogP) is 1.93. The second-order valence-electron chi connectivity index (χ2n) is 5.54. The van der Waals surface area contributed by atoms with Crippen molar-refractivity contribution in [2.24, 2.45) is 11.8 Å². The molecule has 1 rings (SSSR count). The van der Waals surface area contributed by atoms with Crippen LogP contribution in [0, 0.1) is 11.8 Å². The minimum absolute atomic E-state index is 0.119. The van der Waals surface area contributed by atoms with Gasteiger partial charge in [-0.2, -0.15) is 0 Å². The molecule has 1 saturated carbocycles.